The van der Waals surface area contributed by atoms with E-state index in [0.717, 1.165) is 44.7 Å². The number of nitrogens with one attached hydrogen (secondary N) is 1. The van der Waals surface area contributed by atoms with Crippen molar-refractivity contribution < 1.29 is 19.4 Å². The third-order valence-corrected chi connectivity index (χ3v) is 5.79. The van der Waals surface area contributed by atoms with Crippen LogP contribution in [0.3, 0.4) is 0 Å². The molecule has 1 heterocycles. The van der Waals surface area contributed by atoms with Crippen LogP contribution in [0.5, 0.6) is 11.5 Å². The molecule has 4 rings (SSSR count). The van der Waals surface area contributed by atoms with Gasteiger partial charge in [-0.1, -0.05) is 36.4 Å². The van der Waals surface area contributed by atoms with Gasteiger partial charge in [0.2, 0.25) is 0 Å². The number of aromatic nitrogens is 1. The molecular formula is C27H28N2O4. The van der Waals surface area contributed by atoms with Gasteiger partial charge in [-0.2, -0.15) is 0 Å². The second kappa shape index (κ2) is 9.79. The molecular weight excluding hydrogens is 416 g/mol. The summed E-state index contributed by atoms with van der Waals surface area (Å²) in [5.74, 6) is 0.635. The first-order chi connectivity index (χ1) is 16.0. The number of rotatable bonds is 9. The Balaban J connectivity index is 1.69. The van der Waals surface area contributed by atoms with Crippen molar-refractivity contribution in [1.82, 2.24) is 9.88 Å². The Hall–Kier alpha value is -3.77. The highest BCUT2D eigenvalue weighted by atomic mass is 16.5. The summed E-state index contributed by atoms with van der Waals surface area (Å²) in [5.41, 5.74) is 5.18. The molecule has 33 heavy (non-hydrogen) atoms. The van der Waals surface area contributed by atoms with Gasteiger partial charge in [0.15, 0.2) is 0 Å². The first-order valence-corrected chi connectivity index (χ1v) is 10.8. The maximum absolute atomic E-state index is 12.4. The Labute approximate surface area is 193 Å². The van der Waals surface area contributed by atoms with Crippen molar-refractivity contribution in [3.05, 3.63) is 94.7 Å². The van der Waals surface area contributed by atoms with Gasteiger partial charge >= 0.3 is 5.97 Å². The average molecular weight is 445 g/mol. The third kappa shape index (κ3) is 4.86. The maximum Gasteiger partial charge on any atom is 0.352 e. The van der Waals surface area contributed by atoms with Crippen LogP contribution >= 0.6 is 0 Å². The van der Waals surface area contributed by atoms with Gasteiger partial charge in [0, 0.05) is 36.1 Å². The number of hydrogen-bond acceptors (Lipinski definition) is 4. The van der Waals surface area contributed by atoms with Crippen LogP contribution in [0.15, 0.2) is 66.7 Å². The summed E-state index contributed by atoms with van der Waals surface area (Å²) in [6.07, 6.45) is 0. The quantitative estimate of drug-likeness (QED) is 0.380. The summed E-state index contributed by atoms with van der Waals surface area (Å²) in [4.78, 5) is 12.4. The smallest absolute Gasteiger partial charge is 0.352 e. The number of ether oxygens (including phenoxy) is 2. The lowest BCUT2D eigenvalue weighted by Gasteiger charge is -2.11. The minimum absolute atomic E-state index is 0.310. The van der Waals surface area contributed by atoms with Crippen molar-refractivity contribution in [3.8, 4) is 11.5 Å². The van der Waals surface area contributed by atoms with E-state index >= 15 is 0 Å². The number of nitrogens with zero attached hydrogens (tertiary/aromatic N) is 1. The van der Waals surface area contributed by atoms with Crippen molar-refractivity contribution >= 4 is 16.9 Å². The second-order valence-corrected chi connectivity index (χ2v) is 8.04. The van der Waals surface area contributed by atoms with Crippen LogP contribution in [-0.4, -0.2) is 29.9 Å². The molecule has 0 spiro atoms. The largest absolute Gasteiger partial charge is 0.497 e. The molecule has 170 valence electrons. The topological polar surface area (TPSA) is 72.7 Å². The van der Waals surface area contributed by atoms with E-state index in [4.69, 9.17) is 9.47 Å². The molecule has 6 heteroatoms. The minimum atomic E-state index is -0.935. The molecule has 0 unspecified atom stereocenters. The molecule has 0 aliphatic heterocycles. The van der Waals surface area contributed by atoms with Crippen LogP contribution in [0.2, 0.25) is 0 Å². The minimum Gasteiger partial charge on any atom is -0.497 e. The van der Waals surface area contributed by atoms with Crippen LogP contribution in [0.25, 0.3) is 10.9 Å². The van der Waals surface area contributed by atoms with E-state index in [1.165, 1.54) is 0 Å². The Morgan fingerprint density at radius 3 is 2.36 bits per heavy atom. The molecule has 3 aromatic carbocycles. The Morgan fingerprint density at radius 1 is 0.909 bits per heavy atom. The maximum atomic E-state index is 12.4. The molecule has 0 atom stereocenters. The van der Waals surface area contributed by atoms with E-state index in [0.29, 0.717) is 25.3 Å². The van der Waals surface area contributed by atoms with E-state index in [2.05, 4.69) is 11.4 Å². The van der Waals surface area contributed by atoms with Crippen LogP contribution in [0.1, 0.15) is 32.7 Å². The fraction of sp³-hybridized carbons (Fsp3) is 0.222. The molecule has 4 aromatic rings. The highest BCUT2D eigenvalue weighted by molar-refractivity contribution is 5.98. The molecule has 0 bridgehead atoms. The van der Waals surface area contributed by atoms with Crippen molar-refractivity contribution in [2.24, 2.45) is 0 Å². The number of methoxy groups -OCH3 is 2. The molecule has 0 amide bonds. The summed E-state index contributed by atoms with van der Waals surface area (Å²) >= 11 is 0. The molecule has 0 radical (unpaired) electrons. The highest BCUT2D eigenvalue weighted by Crippen LogP contribution is 2.29. The van der Waals surface area contributed by atoms with Gasteiger partial charge in [0.05, 0.1) is 14.2 Å². The number of fused-ring (bicyclic) bond motifs is 1. The number of aromatic carboxylic acids is 1. The first-order valence-electron chi connectivity index (χ1n) is 10.8. The molecule has 2 N–H and O–H groups in total. The Kier molecular flexibility index (Phi) is 6.66. The van der Waals surface area contributed by atoms with E-state index in [-0.39, 0.29) is 0 Å². The number of benzene rings is 3. The normalized spacial score (nSPS) is 11.0. The predicted octanol–water partition coefficient (Wildman–Crippen LogP) is 5.00. The Bertz CT molecular complexity index is 1280. The fourth-order valence-electron chi connectivity index (χ4n) is 4.15. The molecule has 6 nitrogen and oxygen atoms in total. The molecule has 0 aliphatic carbocycles. The first kappa shape index (κ1) is 22.4. The van der Waals surface area contributed by atoms with Crippen molar-refractivity contribution in [2.75, 3.05) is 14.2 Å². The predicted molar refractivity (Wildman–Crippen MR) is 129 cm³/mol. The summed E-state index contributed by atoms with van der Waals surface area (Å²) in [5, 5.41) is 14.5. The van der Waals surface area contributed by atoms with Crippen LogP contribution in [0.4, 0.5) is 0 Å². The summed E-state index contributed by atoms with van der Waals surface area (Å²) in [7, 11) is 3.27. The monoisotopic (exact) mass is 444 g/mol. The van der Waals surface area contributed by atoms with E-state index in [1.807, 2.05) is 72.2 Å². The van der Waals surface area contributed by atoms with Crippen LogP contribution in [0, 0.1) is 6.92 Å². The number of carbonyl (C=O) groups is 1. The van der Waals surface area contributed by atoms with Gasteiger partial charge in [0.1, 0.15) is 17.2 Å². The lowest BCUT2D eigenvalue weighted by atomic mass is 10.1. The standard InChI is InChI=1S/C27H28N2O4/c1-18-7-12-23-24(16-28-15-20-5-4-6-22(14-20)33-3)26(27(30)31)29(25(23)13-18)17-19-8-10-21(32-2)11-9-19/h4-14,28H,15-17H2,1-3H3,(H,30,31). The highest BCUT2D eigenvalue weighted by Gasteiger charge is 2.22. The summed E-state index contributed by atoms with van der Waals surface area (Å²) in [6.45, 7) is 3.52. The lowest BCUT2D eigenvalue weighted by molar-refractivity contribution is 0.0684. The average Bonchev–Trinajstić information content (AvgIpc) is 3.12. The van der Waals surface area contributed by atoms with Crippen LogP contribution in [-0.2, 0) is 19.6 Å². The van der Waals surface area contributed by atoms with Crippen molar-refractivity contribution in [1.29, 1.82) is 0 Å². The van der Waals surface area contributed by atoms with Crippen molar-refractivity contribution in [2.45, 2.75) is 26.6 Å². The fourth-order valence-corrected chi connectivity index (χ4v) is 4.15. The van der Waals surface area contributed by atoms with E-state index < -0.39 is 5.97 Å². The third-order valence-electron chi connectivity index (χ3n) is 5.79. The van der Waals surface area contributed by atoms with Crippen LogP contribution < -0.4 is 14.8 Å². The number of hydrogen-bond donors (Lipinski definition) is 2. The van der Waals surface area contributed by atoms with Gasteiger partial charge in [-0.15, -0.1) is 0 Å². The lowest BCUT2D eigenvalue weighted by Crippen LogP contribution is -2.17. The number of aryl methyl sites for hydroxylation is 1. The zero-order valence-electron chi connectivity index (χ0n) is 19.1. The van der Waals surface area contributed by atoms with E-state index in [9.17, 15) is 9.90 Å². The number of carboxylic acids is 1. The zero-order valence-corrected chi connectivity index (χ0v) is 19.1. The van der Waals surface area contributed by atoms with Gasteiger partial charge < -0.3 is 24.5 Å². The van der Waals surface area contributed by atoms with Gasteiger partial charge in [0.25, 0.3) is 0 Å². The second-order valence-electron chi connectivity index (χ2n) is 8.04. The molecule has 0 fully saturated rings. The summed E-state index contributed by atoms with van der Waals surface area (Å²) < 4.78 is 12.4. The zero-order chi connectivity index (χ0) is 23.4. The molecule has 1 aromatic heterocycles. The molecule has 0 aliphatic rings. The van der Waals surface area contributed by atoms with Crippen molar-refractivity contribution in [3.63, 3.8) is 0 Å². The van der Waals surface area contributed by atoms with Gasteiger partial charge in [-0.3, -0.25) is 0 Å². The molecule has 0 saturated carbocycles. The van der Waals surface area contributed by atoms with Gasteiger partial charge in [-0.05, 0) is 53.9 Å². The van der Waals surface area contributed by atoms with E-state index in [1.54, 1.807) is 14.2 Å². The Morgan fingerprint density at radius 2 is 1.67 bits per heavy atom. The number of carboxylic acid groups (broad SMARTS) is 1. The SMILES string of the molecule is COc1ccc(Cn2c(C(=O)O)c(CNCc3cccc(OC)c3)c3ccc(C)cc32)cc1. The van der Waals surface area contributed by atoms with Gasteiger partial charge in [-0.25, -0.2) is 4.79 Å². The summed E-state index contributed by atoms with van der Waals surface area (Å²) in [6, 6.07) is 21.7. The molecule has 0 saturated heterocycles.